The summed E-state index contributed by atoms with van der Waals surface area (Å²) in [6.07, 6.45) is 0.258. The molecule has 104 valence electrons. The molecule has 1 aliphatic heterocycles. The average molecular weight is 340 g/mol. The fourth-order valence-corrected chi connectivity index (χ4v) is 2.79. The summed E-state index contributed by atoms with van der Waals surface area (Å²) in [4.78, 5) is 0. The van der Waals surface area contributed by atoms with Gasteiger partial charge in [0.1, 0.15) is 23.5 Å². The molecular weight excluding hydrogens is 328 g/mol. The molecule has 0 saturated heterocycles. The minimum atomic E-state index is -0.328. The van der Waals surface area contributed by atoms with Gasteiger partial charge in [-0.1, -0.05) is 6.07 Å². The van der Waals surface area contributed by atoms with Crippen LogP contribution in [0.3, 0.4) is 0 Å². The van der Waals surface area contributed by atoms with Crippen LogP contribution in [0.4, 0.5) is 8.78 Å². The zero-order valence-electron chi connectivity index (χ0n) is 10.4. The summed E-state index contributed by atoms with van der Waals surface area (Å²) in [5, 5.41) is 0. The first-order valence-corrected chi connectivity index (χ1v) is 7.00. The molecule has 0 amide bonds. The summed E-state index contributed by atoms with van der Waals surface area (Å²) in [5.41, 5.74) is 7.58. The van der Waals surface area contributed by atoms with Crippen molar-refractivity contribution >= 4 is 15.9 Å². The third-order valence-corrected chi connectivity index (χ3v) is 4.03. The van der Waals surface area contributed by atoms with Gasteiger partial charge in [0.25, 0.3) is 0 Å². The van der Waals surface area contributed by atoms with Crippen molar-refractivity contribution in [2.75, 3.05) is 0 Å². The van der Waals surface area contributed by atoms with Crippen molar-refractivity contribution in [3.63, 3.8) is 0 Å². The molecule has 0 radical (unpaired) electrons. The van der Waals surface area contributed by atoms with Crippen molar-refractivity contribution in [2.24, 2.45) is 5.73 Å². The fraction of sp³-hybridized carbons (Fsp3) is 0.200. The molecule has 0 spiro atoms. The van der Waals surface area contributed by atoms with Gasteiger partial charge < -0.3 is 10.5 Å². The molecule has 0 saturated carbocycles. The van der Waals surface area contributed by atoms with Crippen LogP contribution in [0.1, 0.15) is 29.7 Å². The molecule has 2 N–H and O–H groups in total. The molecule has 0 fully saturated rings. The molecule has 1 heterocycles. The number of nitrogens with two attached hydrogens (primary N) is 1. The SMILES string of the molecule is N[C@@H]1CC(c2ccc(F)c(Br)c2)Oc2ccc(F)cc21. The van der Waals surface area contributed by atoms with E-state index in [9.17, 15) is 8.78 Å². The van der Waals surface area contributed by atoms with Crippen LogP contribution in [0.25, 0.3) is 0 Å². The highest BCUT2D eigenvalue weighted by Crippen LogP contribution is 2.40. The second-order valence-electron chi connectivity index (χ2n) is 4.80. The first-order valence-electron chi connectivity index (χ1n) is 6.21. The smallest absolute Gasteiger partial charge is 0.137 e. The lowest BCUT2D eigenvalue weighted by Gasteiger charge is -2.30. The number of hydrogen-bond donors (Lipinski definition) is 1. The molecule has 1 unspecified atom stereocenters. The van der Waals surface area contributed by atoms with Crippen LogP contribution >= 0.6 is 15.9 Å². The van der Waals surface area contributed by atoms with Gasteiger partial charge >= 0.3 is 0 Å². The molecule has 2 atom stereocenters. The first kappa shape index (κ1) is 13.5. The van der Waals surface area contributed by atoms with E-state index in [0.29, 0.717) is 22.2 Å². The Bertz CT molecular complexity index is 662. The van der Waals surface area contributed by atoms with Crippen LogP contribution in [-0.2, 0) is 0 Å². The highest BCUT2D eigenvalue weighted by atomic mass is 79.9. The van der Waals surface area contributed by atoms with Crippen molar-refractivity contribution in [1.82, 2.24) is 0 Å². The quantitative estimate of drug-likeness (QED) is 0.842. The summed E-state index contributed by atoms with van der Waals surface area (Å²) in [5.74, 6) is -0.0716. The third kappa shape index (κ3) is 2.43. The third-order valence-electron chi connectivity index (χ3n) is 3.42. The van der Waals surface area contributed by atoms with E-state index in [-0.39, 0.29) is 23.8 Å². The van der Waals surface area contributed by atoms with Gasteiger partial charge in [-0.05, 0) is 51.8 Å². The maximum atomic E-state index is 13.3. The van der Waals surface area contributed by atoms with Crippen LogP contribution in [0.5, 0.6) is 5.75 Å². The maximum absolute atomic E-state index is 13.3. The lowest BCUT2D eigenvalue weighted by atomic mass is 9.93. The van der Waals surface area contributed by atoms with Gasteiger partial charge in [0.2, 0.25) is 0 Å². The fourth-order valence-electron chi connectivity index (χ4n) is 2.39. The van der Waals surface area contributed by atoms with E-state index in [4.69, 9.17) is 10.5 Å². The van der Waals surface area contributed by atoms with Crippen molar-refractivity contribution < 1.29 is 13.5 Å². The maximum Gasteiger partial charge on any atom is 0.137 e. The van der Waals surface area contributed by atoms with Gasteiger partial charge in [-0.15, -0.1) is 0 Å². The van der Waals surface area contributed by atoms with E-state index >= 15 is 0 Å². The van der Waals surface area contributed by atoms with E-state index in [0.717, 1.165) is 5.56 Å². The Labute approximate surface area is 123 Å². The molecule has 20 heavy (non-hydrogen) atoms. The van der Waals surface area contributed by atoms with Crippen LogP contribution in [-0.4, -0.2) is 0 Å². The van der Waals surface area contributed by atoms with Crippen LogP contribution in [0.2, 0.25) is 0 Å². The van der Waals surface area contributed by atoms with Crippen molar-refractivity contribution in [2.45, 2.75) is 18.6 Å². The topological polar surface area (TPSA) is 35.2 Å². The molecule has 1 aliphatic rings. The molecule has 2 nitrogen and oxygen atoms in total. The molecule has 2 aromatic carbocycles. The Morgan fingerprint density at radius 1 is 1.15 bits per heavy atom. The highest BCUT2D eigenvalue weighted by Gasteiger charge is 2.27. The number of benzene rings is 2. The monoisotopic (exact) mass is 339 g/mol. The minimum Gasteiger partial charge on any atom is -0.485 e. The molecule has 2 aromatic rings. The van der Waals surface area contributed by atoms with Crippen LogP contribution in [0.15, 0.2) is 40.9 Å². The Hall–Kier alpha value is -1.46. The minimum absolute atomic E-state index is 0.264. The van der Waals surface area contributed by atoms with Crippen LogP contribution in [0, 0.1) is 11.6 Å². The van der Waals surface area contributed by atoms with Crippen molar-refractivity contribution in [1.29, 1.82) is 0 Å². The normalized spacial score (nSPS) is 21.2. The van der Waals surface area contributed by atoms with Gasteiger partial charge in [0.05, 0.1) is 4.47 Å². The van der Waals surface area contributed by atoms with E-state index in [1.165, 1.54) is 18.2 Å². The van der Waals surface area contributed by atoms with Crippen molar-refractivity contribution in [3.05, 3.63) is 63.6 Å². The lowest BCUT2D eigenvalue weighted by Crippen LogP contribution is -2.24. The van der Waals surface area contributed by atoms with E-state index in [1.54, 1.807) is 18.2 Å². The number of fused-ring (bicyclic) bond motifs is 1. The zero-order chi connectivity index (χ0) is 14.3. The Balaban J connectivity index is 1.94. The van der Waals surface area contributed by atoms with Gasteiger partial charge in [-0.2, -0.15) is 0 Å². The first-order chi connectivity index (χ1) is 9.54. The Kier molecular flexibility index (Phi) is 3.48. The summed E-state index contributed by atoms with van der Waals surface area (Å²) in [6.45, 7) is 0. The number of ether oxygens (including phenoxy) is 1. The summed E-state index contributed by atoms with van der Waals surface area (Å²) >= 11 is 3.16. The predicted molar refractivity (Wildman–Crippen MR) is 75.4 cm³/mol. The van der Waals surface area contributed by atoms with E-state index in [2.05, 4.69) is 15.9 Å². The predicted octanol–water partition coefficient (Wildman–Crippen LogP) is 4.25. The average Bonchev–Trinajstić information content (AvgIpc) is 2.42. The molecule has 0 bridgehead atoms. The molecule has 5 heteroatoms. The Morgan fingerprint density at radius 2 is 1.95 bits per heavy atom. The standard InChI is InChI=1S/C15H12BrF2NO/c16-11-5-8(1-3-12(11)18)15-7-13(19)10-6-9(17)2-4-14(10)20-15/h1-6,13,15H,7,19H2/t13-,15?/m1/s1. The summed E-state index contributed by atoms with van der Waals surface area (Å²) < 4.78 is 32.7. The molecule has 0 aromatic heterocycles. The van der Waals surface area contributed by atoms with Gasteiger partial charge in [-0.25, -0.2) is 8.78 Å². The van der Waals surface area contributed by atoms with Crippen molar-refractivity contribution in [3.8, 4) is 5.75 Å². The van der Waals surface area contributed by atoms with E-state index in [1.807, 2.05) is 0 Å². The zero-order valence-corrected chi connectivity index (χ0v) is 12.0. The second kappa shape index (κ2) is 5.14. The lowest BCUT2D eigenvalue weighted by molar-refractivity contribution is 0.161. The van der Waals surface area contributed by atoms with Gasteiger partial charge in [0.15, 0.2) is 0 Å². The largest absolute Gasteiger partial charge is 0.485 e. The molecule has 3 rings (SSSR count). The summed E-state index contributed by atoms with van der Waals surface area (Å²) in [7, 11) is 0. The number of hydrogen-bond acceptors (Lipinski definition) is 2. The molecule has 0 aliphatic carbocycles. The van der Waals surface area contributed by atoms with Crippen LogP contribution < -0.4 is 10.5 Å². The molecular formula is C15H12BrF2NO. The number of halogens is 3. The highest BCUT2D eigenvalue weighted by molar-refractivity contribution is 9.10. The second-order valence-corrected chi connectivity index (χ2v) is 5.66. The summed E-state index contributed by atoms with van der Waals surface area (Å²) in [6, 6.07) is 8.76. The number of rotatable bonds is 1. The van der Waals surface area contributed by atoms with Gasteiger partial charge in [-0.3, -0.25) is 0 Å². The van der Waals surface area contributed by atoms with Gasteiger partial charge in [0, 0.05) is 18.0 Å². The van der Waals surface area contributed by atoms with E-state index < -0.39 is 0 Å². The Morgan fingerprint density at radius 3 is 2.70 bits per heavy atom.